The molecular weight excluding hydrogens is 1990 g/mol. The topological polar surface area (TPSA) is 458 Å². The van der Waals surface area contributed by atoms with E-state index in [-0.39, 0.29) is 56.5 Å². The summed E-state index contributed by atoms with van der Waals surface area (Å²) in [6.07, 6.45) is 26.0. The lowest BCUT2D eigenvalue weighted by molar-refractivity contribution is 0.0430. The third kappa shape index (κ3) is 25.8. The Labute approximate surface area is 866 Å². The van der Waals surface area contributed by atoms with Crippen LogP contribution in [0.15, 0.2) is 125 Å². The second kappa shape index (κ2) is 46.1. The van der Waals surface area contributed by atoms with Crippen molar-refractivity contribution in [3.05, 3.63) is 143 Å². The van der Waals surface area contributed by atoms with E-state index in [1.165, 1.54) is 0 Å². The summed E-state index contributed by atoms with van der Waals surface area (Å²) < 4.78 is 148. The number of anilines is 5. The Morgan fingerprint density at radius 2 is 0.547 bits per heavy atom. The Morgan fingerprint density at radius 1 is 0.304 bits per heavy atom. The molecule has 41 nitrogen and oxygen atoms in total. The predicted octanol–water partition coefficient (Wildman–Crippen LogP) is 13.1. The van der Waals surface area contributed by atoms with Crippen molar-refractivity contribution < 1.29 is 73.1 Å². The molecule has 0 bridgehead atoms. The Bertz CT molecular complexity index is 6760. The predicted molar refractivity (Wildman–Crippen MR) is 574 cm³/mol. The van der Waals surface area contributed by atoms with Crippen LogP contribution in [0.1, 0.15) is 99.9 Å². The first-order chi connectivity index (χ1) is 71.1. The van der Waals surface area contributed by atoms with Crippen LogP contribution < -0.4 is 38.7 Å². The molecular formula is C102H131N25O16S5. The van der Waals surface area contributed by atoms with Crippen molar-refractivity contribution in [3.8, 4) is 74.6 Å². The van der Waals surface area contributed by atoms with Crippen molar-refractivity contribution in [2.75, 3.05) is 216 Å². The number of pyridine rings is 5. The molecule has 18 heterocycles. The standard InChI is InChI=1S/2C21H25N5O2S.3C20H27N5O4S/c2*1-14-13-28-11-10-26(14)20-12-19(25-29(2,27)15-6-7-15)23-21(24-20)17-8-9-22-18-5-3-4-16(17)18;3*1-13-7-15(8-19(21-13)27-3)20-22-17(24-30(4,26)16-11-29-12-16)9-18(23-20)25-5-6-28-10-14(25)2/h2*3-4,8-9,12,14-15H,5-7,10-11,13H2,1-2H3;3*7-9,14,16H,5-6,10-12H2,1-4H3/t14-,29?;14-,29-;14-,30?;14-,30+;14-,30-/m11111/s1. The van der Waals surface area contributed by atoms with Crippen molar-refractivity contribution in [3.63, 3.8) is 0 Å². The van der Waals surface area contributed by atoms with Crippen molar-refractivity contribution in [1.29, 1.82) is 0 Å². The molecule has 10 fully saturated rings. The zero-order valence-electron chi connectivity index (χ0n) is 86.6. The van der Waals surface area contributed by atoms with Gasteiger partial charge in [0.2, 0.25) is 17.6 Å². The van der Waals surface area contributed by atoms with Gasteiger partial charge in [-0.25, -0.2) is 85.8 Å². The van der Waals surface area contributed by atoms with Crippen LogP contribution in [-0.2, 0) is 99.4 Å². The minimum Gasteiger partial charge on any atom is -0.481 e. The highest BCUT2D eigenvalue weighted by Crippen LogP contribution is 2.41. The first kappa shape index (κ1) is 106. The smallest absolute Gasteiger partial charge is 0.213 e. The third-order valence-electron chi connectivity index (χ3n) is 27.2. The summed E-state index contributed by atoms with van der Waals surface area (Å²) in [5.41, 5.74) is 10.8. The summed E-state index contributed by atoms with van der Waals surface area (Å²) in [6, 6.07) is 25.0. The highest BCUT2D eigenvalue weighted by atomic mass is 32.2. The van der Waals surface area contributed by atoms with E-state index in [1.807, 2.05) is 63.2 Å². The van der Waals surface area contributed by atoms with Gasteiger partial charge in [-0.3, -0.25) is 9.97 Å². The largest absolute Gasteiger partial charge is 0.481 e. The van der Waals surface area contributed by atoms with Crippen LogP contribution >= 0.6 is 0 Å². The van der Waals surface area contributed by atoms with E-state index in [4.69, 9.17) is 87.0 Å². The fourth-order valence-electron chi connectivity index (χ4n) is 18.1. The van der Waals surface area contributed by atoms with Crippen LogP contribution in [0.25, 0.3) is 69.1 Å². The van der Waals surface area contributed by atoms with Gasteiger partial charge in [0.25, 0.3) is 0 Å². The zero-order valence-corrected chi connectivity index (χ0v) is 90.7. The molecule has 10 atom stereocenters. The Hall–Kier alpha value is -11.5. The van der Waals surface area contributed by atoms with Gasteiger partial charge in [-0.2, -0.15) is 21.8 Å². The van der Waals surface area contributed by atoms with E-state index in [1.54, 1.807) is 101 Å². The Kier molecular flexibility index (Phi) is 33.1. The van der Waals surface area contributed by atoms with Crippen LogP contribution in [0, 0.1) is 20.8 Å². The molecule has 0 aromatic carbocycles. The molecule has 2 saturated carbocycles. The fraction of sp³-hybridized carbons (Fsp3) is 0.520. The van der Waals surface area contributed by atoms with Gasteiger partial charge in [-0.15, -0.1) is 0 Å². The number of fused-ring (bicyclic) bond motifs is 2. The van der Waals surface area contributed by atoms with E-state index < -0.39 is 48.6 Å². The van der Waals surface area contributed by atoms with Gasteiger partial charge >= 0.3 is 0 Å². The first-order valence-electron chi connectivity index (χ1n) is 49.9. The molecule has 10 aromatic heterocycles. The van der Waals surface area contributed by atoms with Gasteiger partial charge in [0.1, 0.15) is 29.1 Å². The van der Waals surface area contributed by atoms with Crippen molar-refractivity contribution in [2.45, 2.75) is 150 Å². The van der Waals surface area contributed by atoms with E-state index in [2.05, 4.69) is 145 Å². The molecule has 0 spiro atoms. The molecule has 790 valence electrons. The zero-order chi connectivity index (χ0) is 104. The van der Waals surface area contributed by atoms with Crippen LogP contribution in [0.2, 0.25) is 0 Å². The van der Waals surface area contributed by atoms with Crippen LogP contribution in [0.4, 0.5) is 58.2 Å². The molecule has 0 N–H and O–H groups in total. The van der Waals surface area contributed by atoms with E-state index in [0.717, 1.165) is 148 Å². The van der Waals surface area contributed by atoms with Gasteiger partial charge in [-0.05, 0) is 111 Å². The maximum atomic E-state index is 13.1. The normalized spacial score (nSPS) is 22.1. The Morgan fingerprint density at radius 3 is 0.777 bits per heavy atom. The lowest BCUT2D eigenvalue weighted by Gasteiger charge is -2.34. The van der Waals surface area contributed by atoms with Gasteiger partial charge < -0.3 is 76.6 Å². The second-order valence-electron chi connectivity index (χ2n) is 39.0. The number of ether oxygens (including phenoxy) is 11. The Balaban J connectivity index is 0.000000121. The minimum atomic E-state index is -2.48. The minimum absolute atomic E-state index is 0.0788. The number of hydrogen-bond donors (Lipinski definition) is 0. The van der Waals surface area contributed by atoms with Gasteiger partial charge in [-0.1, -0.05) is 24.3 Å². The number of allylic oxidation sites excluding steroid dienone is 2. The third-order valence-corrected chi connectivity index (χ3v) is 37.8. The second-order valence-corrected chi connectivity index (χ2v) is 51.9. The number of aromatic nitrogens is 15. The van der Waals surface area contributed by atoms with Gasteiger partial charge in [0.05, 0.1) is 233 Å². The quantitative estimate of drug-likeness (QED) is 0.0574. The number of rotatable bonds is 23. The number of methoxy groups -OCH3 is 3. The van der Waals surface area contributed by atoms with Crippen molar-refractivity contribution in [2.24, 2.45) is 21.8 Å². The number of morpholine rings is 5. The summed E-state index contributed by atoms with van der Waals surface area (Å²) in [5, 5.41) is 0.124. The maximum Gasteiger partial charge on any atom is 0.213 e. The summed E-state index contributed by atoms with van der Waals surface area (Å²) in [6.45, 7) is 29.0. The molecule has 8 saturated heterocycles. The average Bonchev–Trinajstić information content (AvgIpc) is 1.58. The van der Waals surface area contributed by atoms with Gasteiger partial charge in [0, 0.05) is 204 Å². The molecule has 0 amide bonds. The first-order valence-corrected chi connectivity index (χ1v) is 59.9. The van der Waals surface area contributed by atoms with E-state index in [0.29, 0.717) is 201 Å². The molecule has 2 unspecified atom stereocenters. The van der Waals surface area contributed by atoms with Crippen molar-refractivity contribution >= 4 is 119 Å². The number of hydrogen-bond acceptors (Lipinski definition) is 41. The molecule has 46 heteroatoms. The number of aryl methyl sites for hydroxylation is 3. The maximum absolute atomic E-state index is 13.1. The SMILES string of the molecule is COc1cc(-c2nc(N=S(C)(=O)C3COC3)cc(N3CCOC[C@H]3C)n2)cc(C)n1.COc1cc(-c2nc(N=[S@@](C)(=O)C3COC3)cc(N3CCOC[C@H]3C)n2)cc(C)n1.COc1cc(-c2nc(N=[S@](C)(=O)C3COC3)cc(N3CCOC[C@H]3C)n2)cc(C)n1.C[C@@H]1COCCN1c1cc(N=S(C)(=O)C2CC2)nc(-c2ccnc3c2C=CC3)n1.C[C@@H]1COCCN1c1cc(N=[S@](C)(=O)C2CC2)nc(-c2ccnc3c2C=CC3)n1. The molecule has 0 radical (unpaired) electrons. The molecule has 4 aliphatic carbocycles. The molecule has 10 aromatic rings. The lowest BCUT2D eigenvalue weighted by atomic mass is 10.1. The van der Waals surface area contributed by atoms with Crippen LogP contribution in [-0.4, -0.2) is 343 Å². The molecule has 8 aliphatic heterocycles. The van der Waals surface area contributed by atoms with E-state index in [9.17, 15) is 21.0 Å². The number of nitrogens with zero attached hydrogens (tertiary/aromatic N) is 25. The summed E-state index contributed by atoms with van der Waals surface area (Å²) >= 11 is 0. The van der Waals surface area contributed by atoms with Crippen LogP contribution in [0.5, 0.6) is 17.6 Å². The molecule has 12 aliphatic rings. The summed E-state index contributed by atoms with van der Waals surface area (Å²) in [4.78, 5) is 80.4. The molecule has 22 rings (SSSR count). The molecule has 148 heavy (non-hydrogen) atoms. The van der Waals surface area contributed by atoms with Crippen molar-refractivity contribution in [1.82, 2.24) is 74.8 Å². The lowest BCUT2D eigenvalue weighted by Crippen LogP contribution is -2.44. The highest BCUT2D eigenvalue weighted by molar-refractivity contribution is 7.95. The highest BCUT2D eigenvalue weighted by Gasteiger charge is 2.37. The average molecular weight is 2120 g/mol. The fourth-order valence-corrected chi connectivity index (χ4v) is 25.3. The van der Waals surface area contributed by atoms with E-state index >= 15 is 0 Å². The summed E-state index contributed by atoms with van der Waals surface area (Å²) in [5.74, 6) is 10.2. The van der Waals surface area contributed by atoms with Crippen LogP contribution in [0.3, 0.4) is 0 Å². The van der Waals surface area contributed by atoms with Gasteiger partial charge in [0.15, 0.2) is 58.2 Å². The summed E-state index contributed by atoms with van der Waals surface area (Å²) in [7, 11) is -7.30. The monoisotopic (exact) mass is 2120 g/mol.